The number of aldehydes is 1. The van der Waals surface area contributed by atoms with E-state index in [-0.39, 0.29) is 5.89 Å². The van der Waals surface area contributed by atoms with Crippen molar-refractivity contribution >= 4 is 6.29 Å². The lowest BCUT2D eigenvalue weighted by atomic mass is 10.1. The van der Waals surface area contributed by atoms with Crippen molar-refractivity contribution in [2.75, 3.05) is 0 Å². The SMILES string of the molecule is Cc1nc(C=O)oc1CC(C)C. The monoisotopic (exact) mass is 167 g/mol. The van der Waals surface area contributed by atoms with Crippen molar-refractivity contribution in [3.8, 4) is 0 Å². The van der Waals surface area contributed by atoms with Gasteiger partial charge in [0.2, 0.25) is 6.29 Å². The summed E-state index contributed by atoms with van der Waals surface area (Å²) in [6.07, 6.45) is 1.48. The van der Waals surface area contributed by atoms with Gasteiger partial charge in [0.1, 0.15) is 5.76 Å². The third-order valence-electron chi connectivity index (χ3n) is 1.60. The number of aromatic nitrogens is 1. The fourth-order valence-corrected chi connectivity index (χ4v) is 1.06. The quantitative estimate of drug-likeness (QED) is 0.646. The summed E-state index contributed by atoms with van der Waals surface area (Å²) in [5.41, 5.74) is 0.825. The highest BCUT2D eigenvalue weighted by Crippen LogP contribution is 2.13. The molecule has 1 aromatic rings. The van der Waals surface area contributed by atoms with E-state index in [1.807, 2.05) is 6.92 Å². The second kappa shape index (κ2) is 3.52. The third-order valence-corrected chi connectivity index (χ3v) is 1.60. The summed E-state index contributed by atoms with van der Waals surface area (Å²) in [6, 6.07) is 0. The Balaban J connectivity index is 2.84. The maximum atomic E-state index is 10.3. The maximum absolute atomic E-state index is 10.3. The molecule has 0 fully saturated rings. The average Bonchev–Trinajstić information content (AvgIpc) is 2.31. The highest BCUT2D eigenvalue weighted by Gasteiger charge is 2.09. The number of carbonyl (C=O) groups is 1. The van der Waals surface area contributed by atoms with E-state index in [1.54, 1.807) is 0 Å². The third kappa shape index (κ3) is 1.94. The Kier molecular flexibility index (Phi) is 2.63. The molecule has 0 aliphatic heterocycles. The molecule has 0 spiro atoms. The molecule has 1 heterocycles. The Morgan fingerprint density at radius 1 is 1.58 bits per heavy atom. The van der Waals surface area contributed by atoms with Crippen LogP contribution >= 0.6 is 0 Å². The van der Waals surface area contributed by atoms with Crippen molar-refractivity contribution in [1.29, 1.82) is 0 Å². The van der Waals surface area contributed by atoms with Gasteiger partial charge in [-0.1, -0.05) is 13.8 Å². The minimum absolute atomic E-state index is 0.183. The second-order valence-electron chi connectivity index (χ2n) is 3.28. The van der Waals surface area contributed by atoms with E-state index < -0.39 is 0 Å². The smallest absolute Gasteiger partial charge is 0.260 e. The number of aryl methyl sites for hydroxylation is 1. The first-order valence-electron chi connectivity index (χ1n) is 4.05. The predicted octanol–water partition coefficient (Wildman–Crippen LogP) is 1.99. The summed E-state index contributed by atoms with van der Waals surface area (Å²) >= 11 is 0. The predicted molar refractivity (Wildman–Crippen MR) is 45.2 cm³/mol. The molecule has 0 saturated heterocycles. The molecule has 0 bridgehead atoms. The van der Waals surface area contributed by atoms with Crippen LogP contribution in [0, 0.1) is 12.8 Å². The van der Waals surface area contributed by atoms with Crippen LogP contribution in [0.4, 0.5) is 0 Å². The van der Waals surface area contributed by atoms with Gasteiger partial charge in [-0.15, -0.1) is 0 Å². The van der Waals surface area contributed by atoms with Gasteiger partial charge in [-0.2, -0.15) is 0 Å². The lowest BCUT2D eigenvalue weighted by molar-refractivity contribution is 0.109. The lowest BCUT2D eigenvalue weighted by Crippen LogP contribution is -1.93. The first-order chi connectivity index (χ1) is 5.63. The van der Waals surface area contributed by atoms with Crippen molar-refractivity contribution < 1.29 is 9.21 Å². The lowest BCUT2D eigenvalue weighted by Gasteiger charge is -1.99. The fraction of sp³-hybridized carbons (Fsp3) is 0.556. The molecule has 3 nitrogen and oxygen atoms in total. The molecule has 0 atom stereocenters. The van der Waals surface area contributed by atoms with Gasteiger partial charge in [-0.05, 0) is 12.8 Å². The average molecular weight is 167 g/mol. The maximum Gasteiger partial charge on any atom is 0.260 e. The molecule has 0 amide bonds. The number of hydrogen-bond donors (Lipinski definition) is 0. The van der Waals surface area contributed by atoms with E-state index in [4.69, 9.17) is 4.42 Å². The van der Waals surface area contributed by atoms with Crippen molar-refractivity contribution in [3.05, 3.63) is 17.3 Å². The summed E-state index contributed by atoms with van der Waals surface area (Å²) < 4.78 is 5.20. The summed E-state index contributed by atoms with van der Waals surface area (Å²) in [6.45, 7) is 6.05. The van der Waals surface area contributed by atoms with Gasteiger partial charge in [0.05, 0.1) is 5.69 Å². The Labute approximate surface area is 71.8 Å². The zero-order valence-electron chi connectivity index (χ0n) is 7.63. The van der Waals surface area contributed by atoms with E-state index in [0.29, 0.717) is 12.2 Å². The summed E-state index contributed by atoms with van der Waals surface area (Å²) in [4.78, 5) is 14.2. The first-order valence-corrected chi connectivity index (χ1v) is 4.05. The molecule has 0 aliphatic carbocycles. The van der Waals surface area contributed by atoms with Gasteiger partial charge in [-0.3, -0.25) is 4.79 Å². The van der Waals surface area contributed by atoms with E-state index in [9.17, 15) is 4.79 Å². The molecular formula is C9H13NO2. The van der Waals surface area contributed by atoms with Crippen LogP contribution < -0.4 is 0 Å². The molecule has 0 saturated carbocycles. The van der Waals surface area contributed by atoms with E-state index in [1.165, 1.54) is 0 Å². The molecular weight excluding hydrogens is 154 g/mol. The highest BCUT2D eigenvalue weighted by atomic mass is 16.4. The number of hydrogen-bond acceptors (Lipinski definition) is 3. The molecule has 1 rings (SSSR count). The van der Waals surface area contributed by atoms with E-state index >= 15 is 0 Å². The zero-order chi connectivity index (χ0) is 9.14. The number of nitrogens with zero attached hydrogens (tertiary/aromatic N) is 1. The van der Waals surface area contributed by atoms with Gasteiger partial charge in [0.15, 0.2) is 0 Å². The summed E-state index contributed by atoms with van der Waals surface area (Å²) in [5.74, 6) is 1.53. The Morgan fingerprint density at radius 2 is 2.25 bits per heavy atom. The molecule has 0 unspecified atom stereocenters. The summed E-state index contributed by atoms with van der Waals surface area (Å²) in [5, 5.41) is 0. The normalized spacial score (nSPS) is 10.7. The van der Waals surface area contributed by atoms with Gasteiger partial charge < -0.3 is 4.42 Å². The van der Waals surface area contributed by atoms with Crippen LogP contribution in [0.1, 0.15) is 36.0 Å². The molecule has 66 valence electrons. The van der Waals surface area contributed by atoms with Gasteiger partial charge in [-0.25, -0.2) is 4.98 Å². The Bertz CT molecular complexity index is 276. The molecule has 0 aromatic carbocycles. The molecule has 3 heteroatoms. The molecule has 0 N–H and O–H groups in total. The van der Waals surface area contributed by atoms with Gasteiger partial charge >= 0.3 is 0 Å². The van der Waals surface area contributed by atoms with Crippen LogP contribution in [0.3, 0.4) is 0 Å². The van der Waals surface area contributed by atoms with Crippen molar-refractivity contribution in [2.24, 2.45) is 5.92 Å². The fourth-order valence-electron chi connectivity index (χ4n) is 1.06. The van der Waals surface area contributed by atoms with Gasteiger partial charge in [0.25, 0.3) is 5.89 Å². The Hall–Kier alpha value is -1.12. The van der Waals surface area contributed by atoms with Crippen LogP contribution in [0.25, 0.3) is 0 Å². The van der Waals surface area contributed by atoms with Crippen LogP contribution in [-0.2, 0) is 6.42 Å². The zero-order valence-corrected chi connectivity index (χ0v) is 7.63. The number of oxazole rings is 1. The largest absolute Gasteiger partial charge is 0.439 e. The molecule has 0 radical (unpaired) electrons. The minimum Gasteiger partial charge on any atom is -0.439 e. The second-order valence-corrected chi connectivity index (χ2v) is 3.28. The molecule has 1 aromatic heterocycles. The first kappa shape index (κ1) is 8.97. The minimum atomic E-state index is 0.183. The van der Waals surface area contributed by atoms with E-state index in [2.05, 4.69) is 18.8 Å². The Morgan fingerprint density at radius 3 is 2.67 bits per heavy atom. The standard InChI is InChI=1S/C9H13NO2/c1-6(2)4-8-7(3)10-9(5-11)12-8/h5-6H,4H2,1-3H3. The number of rotatable bonds is 3. The topological polar surface area (TPSA) is 43.1 Å². The van der Waals surface area contributed by atoms with E-state index in [0.717, 1.165) is 17.9 Å². The number of carbonyl (C=O) groups excluding carboxylic acids is 1. The molecule has 0 aliphatic rings. The van der Waals surface area contributed by atoms with Crippen LogP contribution in [0.2, 0.25) is 0 Å². The van der Waals surface area contributed by atoms with Crippen LogP contribution in [-0.4, -0.2) is 11.3 Å². The summed E-state index contributed by atoms with van der Waals surface area (Å²) in [7, 11) is 0. The van der Waals surface area contributed by atoms with Crippen LogP contribution in [0.15, 0.2) is 4.42 Å². The van der Waals surface area contributed by atoms with Crippen molar-refractivity contribution in [1.82, 2.24) is 4.98 Å². The van der Waals surface area contributed by atoms with Crippen molar-refractivity contribution in [2.45, 2.75) is 27.2 Å². The molecule has 12 heavy (non-hydrogen) atoms. The van der Waals surface area contributed by atoms with Gasteiger partial charge in [0, 0.05) is 6.42 Å². The highest BCUT2D eigenvalue weighted by molar-refractivity contribution is 5.67. The van der Waals surface area contributed by atoms with Crippen LogP contribution in [0.5, 0.6) is 0 Å². The van der Waals surface area contributed by atoms with Crippen molar-refractivity contribution in [3.63, 3.8) is 0 Å².